The summed E-state index contributed by atoms with van der Waals surface area (Å²) in [6.07, 6.45) is 5.28. The zero-order valence-corrected chi connectivity index (χ0v) is 20.5. The molecule has 4 aromatic rings. The second-order valence-corrected chi connectivity index (χ2v) is 11.9. The van der Waals surface area contributed by atoms with E-state index in [0.29, 0.717) is 34.0 Å². The molecule has 0 amide bonds. The first-order valence-corrected chi connectivity index (χ1v) is 13.3. The Morgan fingerprint density at radius 2 is 1.92 bits per heavy atom. The summed E-state index contributed by atoms with van der Waals surface area (Å²) in [6, 6.07) is 9.58. The fourth-order valence-corrected chi connectivity index (χ4v) is 6.84. The largest absolute Gasteiger partial charge is 0.434 e. The fraction of sp³-hybridized carbons (Fsp3) is 0.320. The number of rotatable bonds is 4. The van der Waals surface area contributed by atoms with Crippen LogP contribution in [0.2, 0.25) is 0 Å². The lowest BCUT2D eigenvalue weighted by Crippen LogP contribution is -2.19. The molecule has 8 nitrogen and oxygen atoms in total. The van der Waals surface area contributed by atoms with Gasteiger partial charge >= 0.3 is 6.61 Å². The normalized spacial score (nSPS) is 22.8. The molecular formula is C25H23F2N5O3S. The third-order valence-electron chi connectivity index (χ3n) is 6.62. The number of aromatic nitrogens is 4. The standard InChI is InChI=1S/C25H23F2N5O3S/c1-25(2,33)23-28-11-14(12-29-23)13-7-8-15-17(9-13)32-18-10-16(22(32)30-15)31-36(3,34)20-6-4-5-19(21(18)20)35-24(26)27/h4-9,11-12,16,18,24,33H,10H2,1-3H3/t16-,18-,36?/m0/s1. The van der Waals surface area contributed by atoms with Crippen molar-refractivity contribution in [3.8, 4) is 16.9 Å². The third-order valence-corrected chi connectivity index (χ3v) is 8.45. The van der Waals surface area contributed by atoms with Gasteiger partial charge in [0.1, 0.15) is 23.2 Å². The van der Waals surface area contributed by atoms with Crippen molar-refractivity contribution in [2.24, 2.45) is 4.36 Å². The summed E-state index contributed by atoms with van der Waals surface area (Å²) in [5.74, 6) is 0.961. The van der Waals surface area contributed by atoms with E-state index in [1.807, 2.05) is 22.8 Å². The number of alkyl halides is 2. The van der Waals surface area contributed by atoms with Crippen molar-refractivity contribution >= 4 is 20.8 Å². The predicted molar refractivity (Wildman–Crippen MR) is 129 cm³/mol. The van der Waals surface area contributed by atoms with E-state index in [4.69, 9.17) is 9.72 Å². The average Bonchev–Trinajstić information content (AvgIpc) is 3.31. The molecule has 1 N–H and O–H groups in total. The molecule has 2 bridgehead atoms. The minimum absolute atomic E-state index is 0.000568. The van der Waals surface area contributed by atoms with E-state index in [9.17, 15) is 18.1 Å². The van der Waals surface area contributed by atoms with Gasteiger partial charge in [-0.3, -0.25) is 0 Å². The molecule has 3 atom stereocenters. The van der Waals surface area contributed by atoms with Crippen LogP contribution in [0.15, 0.2) is 58.1 Å². The SMILES string of the molecule is CC(C)(O)c1ncc(-c2ccc3nc4n(c3c2)[C@H]2C[C@@H]4N=S(C)(=O)c3cccc(OC(F)F)c32)cn1. The Kier molecular flexibility index (Phi) is 4.97. The van der Waals surface area contributed by atoms with Crippen LogP contribution < -0.4 is 4.74 Å². The first-order valence-electron chi connectivity index (χ1n) is 11.4. The molecule has 2 aliphatic rings. The Hall–Kier alpha value is -3.44. The van der Waals surface area contributed by atoms with Crippen LogP contribution in [0.4, 0.5) is 8.78 Å². The van der Waals surface area contributed by atoms with Crippen LogP contribution in [0.3, 0.4) is 0 Å². The summed E-state index contributed by atoms with van der Waals surface area (Å²) in [5.41, 5.74) is 2.39. The number of imidazole rings is 1. The minimum atomic E-state index is -3.01. The van der Waals surface area contributed by atoms with Gasteiger partial charge in [-0.2, -0.15) is 8.78 Å². The maximum Gasteiger partial charge on any atom is 0.387 e. The molecular weight excluding hydrogens is 488 g/mol. The fourth-order valence-electron chi connectivity index (χ4n) is 5.09. The zero-order valence-electron chi connectivity index (χ0n) is 19.7. The Morgan fingerprint density at radius 3 is 2.61 bits per heavy atom. The first-order chi connectivity index (χ1) is 17.0. The van der Waals surface area contributed by atoms with Crippen molar-refractivity contribution in [3.63, 3.8) is 0 Å². The van der Waals surface area contributed by atoms with E-state index >= 15 is 0 Å². The second-order valence-electron chi connectivity index (χ2n) is 9.62. The van der Waals surface area contributed by atoms with Gasteiger partial charge in [-0.05, 0) is 43.7 Å². The van der Waals surface area contributed by atoms with Crippen LogP contribution in [0.1, 0.15) is 49.6 Å². The van der Waals surface area contributed by atoms with Gasteiger partial charge in [0, 0.05) is 36.2 Å². The van der Waals surface area contributed by atoms with E-state index < -0.39 is 34.0 Å². The van der Waals surface area contributed by atoms with Crippen molar-refractivity contribution < 1.29 is 22.8 Å². The van der Waals surface area contributed by atoms with Gasteiger partial charge in [0.25, 0.3) is 0 Å². The maximum absolute atomic E-state index is 13.6. The predicted octanol–water partition coefficient (Wildman–Crippen LogP) is 4.83. The van der Waals surface area contributed by atoms with Crippen molar-refractivity contribution in [1.82, 2.24) is 19.5 Å². The summed E-state index contributed by atoms with van der Waals surface area (Å²) < 4.78 is 51.7. The van der Waals surface area contributed by atoms with E-state index in [1.165, 1.54) is 12.3 Å². The minimum Gasteiger partial charge on any atom is -0.434 e. The molecule has 2 aromatic heterocycles. The Balaban J connectivity index is 1.54. The third kappa shape index (κ3) is 3.56. The van der Waals surface area contributed by atoms with Crippen molar-refractivity contribution in [1.29, 1.82) is 0 Å². The number of fused-ring (bicyclic) bond motifs is 9. The molecule has 1 unspecified atom stereocenters. The summed E-state index contributed by atoms with van der Waals surface area (Å²) in [7, 11) is -2.86. The monoisotopic (exact) mass is 511 g/mol. The van der Waals surface area contributed by atoms with E-state index in [-0.39, 0.29) is 5.75 Å². The summed E-state index contributed by atoms with van der Waals surface area (Å²) in [4.78, 5) is 13.8. The Bertz CT molecular complexity index is 1640. The molecule has 4 heterocycles. The quantitative estimate of drug-likeness (QED) is 0.421. The van der Waals surface area contributed by atoms with Crippen LogP contribution in [-0.4, -0.2) is 41.7 Å². The number of hydrogen-bond donors (Lipinski definition) is 1. The number of halogens is 2. The highest BCUT2D eigenvalue weighted by Crippen LogP contribution is 2.50. The molecule has 0 saturated carbocycles. The lowest BCUT2D eigenvalue weighted by atomic mass is 10.0. The zero-order chi connectivity index (χ0) is 25.4. The summed E-state index contributed by atoms with van der Waals surface area (Å²) >= 11 is 0. The van der Waals surface area contributed by atoms with E-state index in [0.717, 1.165) is 16.6 Å². The second kappa shape index (κ2) is 7.78. The maximum atomic E-state index is 13.6. The van der Waals surface area contributed by atoms with Crippen molar-refractivity contribution in [3.05, 3.63) is 66.0 Å². The Labute approximate surface area is 206 Å². The first kappa shape index (κ1) is 23.0. The molecule has 0 spiro atoms. The Morgan fingerprint density at radius 1 is 1.17 bits per heavy atom. The van der Waals surface area contributed by atoms with Crippen LogP contribution in [0.5, 0.6) is 5.75 Å². The number of hydrogen-bond acceptors (Lipinski definition) is 7. The molecule has 0 aliphatic carbocycles. The van der Waals surface area contributed by atoms with Crippen molar-refractivity contribution in [2.75, 3.05) is 6.26 Å². The molecule has 0 saturated heterocycles. The number of ether oxygens (including phenoxy) is 1. The van der Waals surface area contributed by atoms with E-state index in [2.05, 4.69) is 14.3 Å². The smallest absolute Gasteiger partial charge is 0.387 e. The molecule has 6 rings (SSSR count). The number of aliphatic hydroxyl groups is 1. The topological polar surface area (TPSA) is 102 Å². The number of nitrogens with zero attached hydrogens (tertiary/aromatic N) is 5. The highest BCUT2D eigenvalue weighted by molar-refractivity contribution is 7.93. The summed E-state index contributed by atoms with van der Waals surface area (Å²) in [6.45, 7) is 0.223. The lowest BCUT2D eigenvalue weighted by molar-refractivity contribution is -0.0508. The molecule has 2 aromatic carbocycles. The van der Waals surface area contributed by atoms with Gasteiger partial charge in [-0.15, -0.1) is 0 Å². The van der Waals surface area contributed by atoms with Crippen molar-refractivity contribution in [2.45, 2.75) is 49.5 Å². The molecule has 36 heavy (non-hydrogen) atoms. The van der Waals surface area contributed by atoms with Gasteiger partial charge in [0.05, 0.1) is 31.7 Å². The number of benzene rings is 2. The highest BCUT2D eigenvalue weighted by atomic mass is 32.2. The van der Waals surface area contributed by atoms with Gasteiger partial charge < -0.3 is 14.4 Å². The van der Waals surface area contributed by atoms with Gasteiger partial charge in [0.15, 0.2) is 5.82 Å². The van der Waals surface area contributed by atoms with Crippen LogP contribution in [-0.2, 0) is 15.3 Å². The molecule has 0 radical (unpaired) electrons. The van der Waals surface area contributed by atoms with Crippen LogP contribution in [0.25, 0.3) is 22.2 Å². The van der Waals surface area contributed by atoms with Gasteiger partial charge in [-0.1, -0.05) is 12.1 Å². The van der Waals surface area contributed by atoms with E-state index in [1.54, 1.807) is 38.4 Å². The highest BCUT2D eigenvalue weighted by Gasteiger charge is 2.42. The summed E-state index contributed by atoms with van der Waals surface area (Å²) in [5, 5.41) is 10.2. The average molecular weight is 512 g/mol. The van der Waals surface area contributed by atoms with Gasteiger partial charge in [-0.25, -0.2) is 23.5 Å². The lowest BCUT2D eigenvalue weighted by Gasteiger charge is -2.22. The molecule has 11 heteroatoms. The van der Waals surface area contributed by atoms with Crippen LogP contribution >= 0.6 is 0 Å². The molecule has 2 aliphatic heterocycles. The molecule has 186 valence electrons. The van der Waals surface area contributed by atoms with Crippen LogP contribution in [0, 0.1) is 0 Å². The van der Waals surface area contributed by atoms with Gasteiger partial charge in [0.2, 0.25) is 0 Å². The molecule has 0 fully saturated rings.